The maximum atomic E-state index is 17.5. The van der Waals surface area contributed by atoms with Crippen LogP contribution >= 0.6 is 0 Å². The highest BCUT2D eigenvalue weighted by Crippen LogP contribution is 2.60. The van der Waals surface area contributed by atoms with E-state index in [4.69, 9.17) is 23.2 Å². The molecule has 1 unspecified atom stereocenters. The van der Waals surface area contributed by atoms with Crippen LogP contribution < -0.4 is 9.47 Å². The number of benzene rings is 1. The Kier molecular flexibility index (Phi) is 13.8. The highest BCUT2D eigenvalue weighted by Gasteiger charge is 2.69. The van der Waals surface area contributed by atoms with Gasteiger partial charge in [-0.2, -0.15) is 0 Å². The molecule has 1 aromatic heterocycles. The van der Waals surface area contributed by atoms with Gasteiger partial charge in [0.05, 0.1) is 30.9 Å². The van der Waals surface area contributed by atoms with Crippen LogP contribution in [0.25, 0.3) is 5.76 Å². The van der Waals surface area contributed by atoms with Gasteiger partial charge in [-0.05, 0) is 94.6 Å². The Balaban J connectivity index is 1.60. The third kappa shape index (κ3) is 8.43. The van der Waals surface area contributed by atoms with Crippen LogP contribution in [0.15, 0.2) is 41.5 Å². The van der Waals surface area contributed by atoms with Crippen molar-refractivity contribution >= 4 is 31.7 Å². The Morgan fingerprint density at radius 3 is 2.29 bits per heavy atom. The third-order valence-corrected chi connectivity index (χ3v) is 17.8. The van der Waals surface area contributed by atoms with Crippen molar-refractivity contribution in [1.82, 2.24) is 15.0 Å². The van der Waals surface area contributed by atoms with Crippen molar-refractivity contribution in [2.45, 2.75) is 148 Å². The molecule has 340 valence electrons. The first kappa shape index (κ1) is 47.2. The van der Waals surface area contributed by atoms with Gasteiger partial charge in [0.15, 0.2) is 19.7 Å². The molecule has 5 atom stereocenters. The molecule has 1 saturated carbocycles. The summed E-state index contributed by atoms with van der Waals surface area (Å²) in [5, 5.41) is 16.5. The van der Waals surface area contributed by atoms with Crippen LogP contribution in [-0.2, 0) is 20.4 Å². The van der Waals surface area contributed by atoms with Gasteiger partial charge in [0.25, 0.3) is 5.88 Å². The maximum Gasteiger partial charge on any atom is 0.410 e. The van der Waals surface area contributed by atoms with E-state index in [0.29, 0.717) is 45.3 Å². The average Bonchev–Trinajstić information content (AvgIpc) is 3.84. The van der Waals surface area contributed by atoms with Crippen molar-refractivity contribution in [1.29, 1.82) is 0 Å². The lowest BCUT2D eigenvalue weighted by Gasteiger charge is -2.55. The minimum Gasteiger partial charge on any atom is -0.507 e. The first-order valence-corrected chi connectivity index (χ1v) is 25.4. The van der Waals surface area contributed by atoms with Gasteiger partial charge in [-0.3, -0.25) is 14.5 Å². The zero-order valence-electron chi connectivity index (χ0n) is 38.6. The van der Waals surface area contributed by atoms with E-state index in [0.717, 1.165) is 12.8 Å². The van der Waals surface area contributed by atoms with Gasteiger partial charge < -0.3 is 33.2 Å². The van der Waals surface area contributed by atoms with Crippen LogP contribution in [0.1, 0.15) is 145 Å². The molecule has 0 radical (unpaired) electrons. The number of likely N-dealkylation sites (tertiary alicyclic amines) is 1. The number of ketones is 2. The molecule has 1 aromatic carbocycles. The van der Waals surface area contributed by atoms with Crippen molar-refractivity contribution in [2.24, 2.45) is 11.8 Å². The summed E-state index contributed by atoms with van der Waals surface area (Å²) in [6.07, 6.45) is 7.32. The molecule has 0 spiro atoms. The largest absolute Gasteiger partial charge is 0.507 e. The number of rotatable bonds is 16. The Hall–Kier alpha value is -4.27. The standard InChI is InChI=1S/C48H68FN3O9Si/c1-13-17-24-57-34-28-30(33-20-19-23-52(33)45(56)59-46(5,6)7)38(49)31-26-29-27-32-39(51(21-15-3)22-16-4)41-37(44(50-60-41)58-25-18-14-2)43(55)48(32,61-62(11,12)47(8,9)10)42(54)35(29)40(53)36(31)34/h15-16,28-29,32-33,39,53H,3-4,13-14,17-27H2,1-2,5-12H3/t29-,32-,33?,39-,48-/m0/s1. The van der Waals surface area contributed by atoms with E-state index in [-0.39, 0.29) is 71.3 Å². The number of unbranched alkanes of at least 4 members (excludes halogenated alkanes) is 2. The highest BCUT2D eigenvalue weighted by molar-refractivity contribution is 6.74. The van der Waals surface area contributed by atoms with Crippen LogP contribution in [0.4, 0.5) is 9.18 Å². The second kappa shape index (κ2) is 18.1. The second-order valence-corrected chi connectivity index (χ2v) is 24.6. The Morgan fingerprint density at radius 1 is 1.05 bits per heavy atom. The quantitative estimate of drug-likeness (QED) is 0.0745. The van der Waals surface area contributed by atoms with Crippen LogP contribution in [0.5, 0.6) is 11.6 Å². The summed E-state index contributed by atoms with van der Waals surface area (Å²) >= 11 is 0. The van der Waals surface area contributed by atoms with E-state index in [9.17, 15) is 9.90 Å². The van der Waals surface area contributed by atoms with Gasteiger partial charge in [-0.1, -0.05) is 59.6 Å². The van der Waals surface area contributed by atoms with E-state index in [1.807, 2.05) is 52.6 Å². The predicted molar refractivity (Wildman–Crippen MR) is 239 cm³/mol. The number of Topliss-reactive ketones (excluding diaryl/α,β-unsaturated/α-hetero) is 2. The summed E-state index contributed by atoms with van der Waals surface area (Å²) < 4.78 is 49.2. The number of aliphatic hydroxyl groups is 1. The molecule has 12 nitrogen and oxygen atoms in total. The molecular formula is C48H68FN3O9Si. The number of halogens is 1. The van der Waals surface area contributed by atoms with Crippen LogP contribution in [0.2, 0.25) is 18.1 Å². The molecule has 3 aliphatic carbocycles. The first-order valence-electron chi connectivity index (χ1n) is 22.5. The number of carbonyl (C=O) groups is 3. The fraction of sp³-hybridized carbons (Fsp3) is 0.625. The van der Waals surface area contributed by atoms with E-state index in [1.165, 1.54) is 0 Å². The average molecular weight is 878 g/mol. The van der Waals surface area contributed by atoms with Crippen molar-refractivity contribution in [3.05, 3.63) is 70.8 Å². The minimum absolute atomic E-state index is 0.00655. The number of fused-ring (bicyclic) bond motifs is 4. The zero-order chi connectivity index (χ0) is 45.5. The van der Waals surface area contributed by atoms with Crippen molar-refractivity contribution in [3.8, 4) is 11.6 Å². The Bertz CT molecular complexity index is 2090. The van der Waals surface area contributed by atoms with Gasteiger partial charge in [0.2, 0.25) is 11.6 Å². The molecule has 2 heterocycles. The molecule has 1 N–H and O–H groups in total. The molecule has 0 bridgehead atoms. The lowest BCUT2D eigenvalue weighted by molar-refractivity contribution is -0.141. The van der Waals surface area contributed by atoms with Crippen LogP contribution in [0, 0.1) is 17.7 Å². The Labute approximate surface area is 368 Å². The summed E-state index contributed by atoms with van der Waals surface area (Å²) in [6, 6.07) is 0.179. The molecule has 6 rings (SSSR count). The highest BCUT2D eigenvalue weighted by atomic mass is 28.4. The maximum absolute atomic E-state index is 17.5. The number of nitrogens with zero attached hydrogens (tertiary/aromatic N) is 3. The van der Waals surface area contributed by atoms with Crippen molar-refractivity contribution < 1.29 is 47.0 Å². The summed E-state index contributed by atoms with van der Waals surface area (Å²) in [5.74, 6) is -3.43. The zero-order valence-corrected chi connectivity index (χ0v) is 39.6. The fourth-order valence-electron chi connectivity index (χ4n) is 9.36. The van der Waals surface area contributed by atoms with Crippen molar-refractivity contribution in [2.75, 3.05) is 32.8 Å². The minimum atomic E-state index is -3.01. The number of ether oxygens (including phenoxy) is 3. The number of hydrogen-bond acceptors (Lipinski definition) is 11. The van der Waals surface area contributed by atoms with E-state index in [2.05, 4.69) is 18.3 Å². The molecule has 2 aromatic rings. The normalized spacial score (nSPS) is 23.8. The fourth-order valence-corrected chi connectivity index (χ4v) is 10.8. The third-order valence-electron chi connectivity index (χ3n) is 13.3. The number of hydrogen-bond donors (Lipinski definition) is 1. The van der Waals surface area contributed by atoms with Gasteiger partial charge in [0, 0.05) is 42.3 Å². The predicted octanol–water partition coefficient (Wildman–Crippen LogP) is 10.6. The summed E-state index contributed by atoms with van der Waals surface area (Å²) in [7, 11) is -3.01. The van der Waals surface area contributed by atoms with Gasteiger partial charge in [-0.15, -0.1) is 13.2 Å². The first-order chi connectivity index (χ1) is 29.2. The number of aliphatic hydroxyl groups excluding tert-OH is 1. The molecule has 1 aliphatic heterocycles. The summed E-state index contributed by atoms with van der Waals surface area (Å²) in [5.41, 5.74) is -2.28. The van der Waals surface area contributed by atoms with Gasteiger partial charge in [0.1, 0.15) is 28.5 Å². The molecule has 14 heteroatoms. The topological polar surface area (TPSA) is 141 Å². The molecule has 62 heavy (non-hydrogen) atoms. The van der Waals surface area contributed by atoms with E-state index < -0.39 is 77.7 Å². The van der Waals surface area contributed by atoms with Crippen LogP contribution in [-0.4, -0.2) is 90.1 Å². The van der Waals surface area contributed by atoms with E-state index >= 15 is 14.0 Å². The van der Waals surface area contributed by atoms with Crippen LogP contribution in [0.3, 0.4) is 0 Å². The lowest BCUT2D eigenvalue weighted by atomic mass is 9.57. The Morgan fingerprint density at radius 2 is 1.69 bits per heavy atom. The SMILES string of the molecule is C=CCN(CC=C)[C@@H]1c2onc(OCCCC)c2C(=O)[C@@]2(O[Si](C)(C)C(C)(C)C)C(=O)C3=C(O)c4c(OCCCC)cc(C5CCCN5C(=O)OC(C)(C)C)c(F)c4C[C@H]3C[C@@H]12. The number of aromatic nitrogens is 1. The number of amides is 1. The molecular weight excluding hydrogens is 810 g/mol. The summed E-state index contributed by atoms with van der Waals surface area (Å²) in [6.45, 7) is 29.2. The van der Waals surface area contributed by atoms with Crippen molar-refractivity contribution in [3.63, 3.8) is 0 Å². The van der Waals surface area contributed by atoms with E-state index in [1.54, 1.807) is 43.9 Å². The number of carbonyl (C=O) groups excluding carboxylic acids is 3. The summed E-state index contributed by atoms with van der Waals surface area (Å²) in [4.78, 5) is 48.8. The monoisotopic (exact) mass is 877 g/mol. The second-order valence-electron chi connectivity index (χ2n) is 19.8. The molecule has 1 amide bonds. The molecule has 4 aliphatic rings. The van der Waals surface area contributed by atoms with Gasteiger partial charge in [-0.25, -0.2) is 9.18 Å². The molecule has 2 fully saturated rings. The lowest BCUT2D eigenvalue weighted by Crippen LogP contribution is -2.68. The smallest absolute Gasteiger partial charge is 0.410 e. The van der Waals surface area contributed by atoms with Gasteiger partial charge >= 0.3 is 6.09 Å². The molecule has 1 saturated heterocycles.